The average Bonchev–Trinajstić information content (AvgIpc) is 3.41. The smallest absolute Gasteiger partial charge is 0.323 e. The molecule has 0 bridgehead atoms. The number of aryl methyl sites for hydroxylation is 1. The molecule has 0 amide bonds. The molecular weight excluding hydrogens is 486 g/mol. The summed E-state index contributed by atoms with van der Waals surface area (Å²) in [6, 6.07) is 13.9. The Bertz CT molecular complexity index is 1260. The van der Waals surface area contributed by atoms with Crippen LogP contribution in [0.2, 0.25) is 5.02 Å². The molecular formula is C26H28ClN3O4S. The number of benzene rings is 2. The van der Waals surface area contributed by atoms with Gasteiger partial charge in [0, 0.05) is 11.1 Å². The molecule has 1 saturated carbocycles. The van der Waals surface area contributed by atoms with E-state index < -0.39 is 15.9 Å². The van der Waals surface area contributed by atoms with E-state index in [9.17, 15) is 14.9 Å². The van der Waals surface area contributed by atoms with Crippen LogP contribution in [-0.2, 0) is 15.7 Å². The number of hydrogen-bond acceptors (Lipinski definition) is 6. The van der Waals surface area contributed by atoms with E-state index in [4.69, 9.17) is 16.3 Å². The minimum atomic E-state index is -0.772. The second-order valence-corrected chi connectivity index (χ2v) is 11.3. The minimum absolute atomic E-state index is 0.00823. The molecule has 184 valence electrons. The molecule has 1 aliphatic carbocycles. The molecule has 0 unspecified atom stereocenters. The number of para-hydroxylation sites is 1. The first-order valence-corrected chi connectivity index (χ1v) is 12.7. The summed E-state index contributed by atoms with van der Waals surface area (Å²) in [5.41, 5.74) is 0.261. The van der Waals surface area contributed by atoms with Crippen molar-refractivity contribution in [3.63, 3.8) is 0 Å². The molecule has 0 N–H and O–H groups in total. The second kappa shape index (κ2) is 9.66. The minimum Gasteiger partial charge on any atom is -0.406 e. The highest BCUT2D eigenvalue weighted by atomic mass is 35.5. The van der Waals surface area contributed by atoms with Crippen LogP contribution < -0.4 is 4.74 Å². The SMILES string of the molecule is Cc1nn(C(C)(C)C)c(OC(=O)C2(c3ccc(Cl)cc3)CCCC2)c1Sc1ccccc1[N+](=O)[O-]. The van der Waals surface area contributed by atoms with E-state index in [0.29, 0.717) is 39.2 Å². The fraction of sp³-hybridized carbons (Fsp3) is 0.385. The van der Waals surface area contributed by atoms with E-state index >= 15 is 0 Å². The number of rotatable bonds is 6. The van der Waals surface area contributed by atoms with Gasteiger partial charge in [-0.2, -0.15) is 5.10 Å². The monoisotopic (exact) mass is 513 g/mol. The molecule has 1 aromatic heterocycles. The number of carbonyl (C=O) groups excluding carboxylic acids is 1. The molecule has 1 heterocycles. The van der Waals surface area contributed by atoms with E-state index in [2.05, 4.69) is 5.10 Å². The Balaban J connectivity index is 1.78. The number of ether oxygens (including phenoxy) is 1. The van der Waals surface area contributed by atoms with Crippen LogP contribution in [0.4, 0.5) is 5.69 Å². The first-order chi connectivity index (χ1) is 16.5. The Hall–Kier alpha value is -2.84. The average molecular weight is 514 g/mol. The van der Waals surface area contributed by atoms with Crippen molar-refractivity contribution in [3.8, 4) is 5.88 Å². The topological polar surface area (TPSA) is 87.3 Å². The largest absolute Gasteiger partial charge is 0.406 e. The summed E-state index contributed by atoms with van der Waals surface area (Å²) in [5.74, 6) is -0.0319. The highest BCUT2D eigenvalue weighted by Crippen LogP contribution is 2.46. The van der Waals surface area contributed by atoms with Gasteiger partial charge < -0.3 is 4.74 Å². The summed E-state index contributed by atoms with van der Waals surface area (Å²) in [5, 5.41) is 16.9. The maximum atomic E-state index is 13.9. The summed E-state index contributed by atoms with van der Waals surface area (Å²) in [6.45, 7) is 7.74. The molecule has 35 heavy (non-hydrogen) atoms. The van der Waals surface area contributed by atoms with Crippen molar-refractivity contribution in [2.75, 3.05) is 0 Å². The molecule has 9 heteroatoms. The Kier molecular flexibility index (Phi) is 6.97. The quantitative estimate of drug-likeness (QED) is 0.199. The number of hydrogen-bond donors (Lipinski definition) is 0. The number of nitrogens with zero attached hydrogens (tertiary/aromatic N) is 3. The maximum Gasteiger partial charge on any atom is 0.323 e. The summed E-state index contributed by atoms with van der Waals surface area (Å²) in [4.78, 5) is 26.1. The lowest BCUT2D eigenvalue weighted by Crippen LogP contribution is -2.38. The lowest BCUT2D eigenvalue weighted by atomic mass is 9.79. The van der Waals surface area contributed by atoms with Gasteiger partial charge in [-0.25, -0.2) is 4.68 Å². The molecule has 0 radical (unpaired) electrons. The molecule has 0 aliphatic heterocycles. The van der Waals surface area contributed by atoms with Crippen LogP contribution in [0.1, 0.15) is 57.7 Å². The lowest BCUT2D eigenvalue weighted by Gasteiger charge is -2.29. The third-order valence-electron chi connectivity index (χ3n) is 6.31. The van der Waals surface area contributed by atoms with Gasteiger partial charge in [-0.05, 0) is 64.3 Å². The Morgan fingerprint density at radius 1 is 1.14 bits per heavy atom. The zero-order valence-electron chi connectivity index (χ0n) is 20.2. The first-order valence-electron chi connectivity index (χ1n) is 11.5. The highest BCUT2D eigenvalue weighted by Gasteiger charge is 2.45. The van der Waals surface area contributed by atoms with Crippen LogP contribution in [0, 0.1) is 17.0 Å². The van der Waals surface area contributed by atoms with Gasteiger partial charge >= 0.3 is 5.97 Å². The van der Waals surface area contributed by atoms with Crippen LogP contribution in [0.15, 0.2) is 58.3 Å². The number of aromatic nitrogens is 2. The van der Waals surface area contributed by atoms with Gasteiger partial charge in [0.05, 0.1) is 31.4 Å². The predicted molar refractivity (Wildman–Crippen MR) is 136 cm³/mol. The van der Waals surface area contributed by atoms with Crippen molar-refractivity contribution in [2.24, 2.45) is 0 Å². The normalized spacial score (nSPS) is 15.2. The summed E-state index contributed by atoms with van der Waals surface area (Å²) in [6.07, 6.45) is 3.21. The van der Waals surface area contributed by atoms with Crippen LogP contribution in [0.25, 0.3) is 0 Å². The fourth-order valence-electron chi connectivity index (χ4n) is 4.50. The van der Waals surface area contributed by atoms with Gasteiger partial charge in [-0.15, -0.1) is 0 Å². The predicted octanol–water partition coefficient (Wildman–Crippen LogP) is 7.08. The Morgan fingerprint density at radius 3 is 2.37 bits per heavy atom. The molecule has 0 saturated heterocycles. The molecule has 0 atom stereocenters. The number of nitro benzene ring substituents is 1. The highest BCUT2D eigenvalue weighted by molar-refractivity contribution is 7.99. The Labute approximate surface area is 214 Å². The van der Waals surface area contributed by atoms with E-state index in [-0.39, 0.29) is 11.7 Å². The van der Waals surface area contributed by atoms with Crippen LogP contribution >= 0.6 is 23.4 Å². The second-order valence-electron chi connectivity index (χ2n) is 9.81. The van der Waals surface area contributed by atoms with Crippen LogP contribution in [0.5, 0.6) is 5.88 Å². The van der Waals surface area contributed by atoms with Crippen molar-refractivity contribution in [3.05, 3.63) is 74.9 Å². The number of nitro groups is 1. The standard InChI is InChI=1S/C26H28ClN3O4S/c1-17-22(35-21-10-6-5-9-20(21)30(32)33)23(29(28-17)25(2,3)4)34-24(31)26(15-7-8-16-26)18-11-13-19(27)14-12-18/h5-6,9-14H,7-8,15-16H2,1-4H3. The molecule has 1 aliphatic rings. The van der Waals surface area contributed by atoms with Crippen molar-refractivity contribution < 1.29 is 14.5 Å². The number of esters is 1. The van der Waals surface area contributed by atoms with Gasteiger partial charge in [0.25, 0.3) is 5.69 Å². The van der Waals surface area contributed by atoms with Gasteiger partial charge in [-0.1, -0.05) is 60.5 Å². The summed E-state index contributed by atoms with van der Waals surface area (Å²) < 4.78 is 7.90. The van der Waals surface area contributed by atoms with Crippen molar-refractivity contribution in [1.82, 2.24) is 9.78 Å². The van der Waals surface area contributed by atoms with E-state index in [1.54, 1.807) is 35.0 Å². The zero-order chi connectivity index (χ0) is 25.4. The maximum absolute atomic E-state index is 13.9. The van der Waals surface area contributed by atoms with Gasteiger partial charge in [0.2, 0.25) is 5.88 Å². The van der Waals surface area contributed by atoms with Crippen LogP contribution in [0.3, 0.4) is 0 Å². The Morgan fingerprint density at radius 2 is 1.77 bits per heavy atom. The van der Waals surface area contributed by atoms with E-state index in [0.717, 1.165) is 18.4 Å². The molecule has 4 rings (SSSR count). The third-order valence-corrected chi connectivity index (χ3v) is 7.80. The first kappa shape index (κ1) is 25.3. The molecule has 7 nitrogen and oxygen atoms in total. The number of carbonyl (C=O) groups is 1. The third kappa shape index (κ3) is 4.95. The molecule has 0 spiro atoms. The number of halogens is 1. The molecule has 3 aromatic rings. The van der Waals surface area contributed by atoms with Crippen molar-refractivity contribution in [1.29, 1.82) is 0 Å². The fourth-order valence-corrected chi connectivity index (χ4v) is 5.64. The van der Waals surface area contributed by atoms with Gasteiger partial charge in [0.15, 0.2) is 0 Å². The lowest BCUT2D eigenvalue weighted by molar-refractivity contribution is -0.387. The van der Waals surface area contributed by atoms with E-state index in [1.165, 1.54) is 17.8 Å². The van der Waals surface area contributed by atoms with Crippen LogP contribution in [-0.4, -0.2) is 20.7 Å². The van der Waals surface area contributed by atoms with E-state index in [1.807, 2.05) is 39.8 Å². The van der Waals surface area contributed by atoms with Crippen molar-refractivity contribution >= 4 is 35.0 Å². The van der Waals surface area contributed by atoms with Gasteiger partial charge in [0.1, 0.15) is 0 Å². The van der Waals surface area contributed by atoms with Crippen molar-refractivity contribution in [2.45, 2.75) is 74.1 Å². The zero-order valence-corrected chi connectivity index (χ0v) is 21.8. The molecule has 2 aromatic carbocycles. The summed E-state index contributed by atoms with van der Waals surface area (Å²) in [7, 11) is 0. The summed E-state index contributed by atoms with van der Waals surface area (Å²) >= 11 is 7.30. The van der Waals surface area contributed by atoms with Gasteiger partial charge in [-0.3, -0.25) is 14.9 Å². The molecule has 1 fully saturated rings.